The third kappa shape index (κ3) is 3.46. The molecule has 0 amide bonds. The molecule has 0 atom stereocenters. The van der Waals surface area contributed by atoms with Gasteiger partial charge in [-0.2, -0.15) is 0 Å². The van der Waals surface area contributed by atoms with Crippen molar-refractivity contribution in [2.24, 2.45) is 0 Å². The van der Waals surface area contributed by atoms with Crippen LogP contribution in [0, 0.1) is 0 Å². The van der Waals surface area contributed by atoms with Crippen LogP contribution in [0.5, 0.6) is 23.0 Å². The number of benzene rings is 3. The van der Waals surface area contributed by atoms with E-state index in [2.05, 4.69) is 0 Å². The fourth-order valence-electron chi connectivity index (χ4n) is 3.33. The first-order chi connectivity index (χ1) is 15.1. The van der Waals surface area contributed by atoms with Crippen molar-refractivity contribution in [2.75, 3.05) is 13.9 Å². The van der Waals surface area contributed by atoms with Crippen LogP contribution in [0.3, 0.4) is 0 Å². The van der Waals surface area contributed by atoms with E-state index in [0.717, 1.165) is 5.56 Å². The number of hydrogen-bond donors (Lipinski definition) is 0. The maximum atomic E-state index is 12.9. The first-order valence-electron chi connectivity index (χ1n) is 9.44. The van der Waals surface area contributed by atoms with Crippen LogP contribution in [0.4, 0.5) is 0 Å². The number of hydrogen-bond acceptors (Lipinski definition) is 7. The molecular weight excluding hydrogens is 400 g/mol. The van der Waals surface area contributed by atoms with E-state index in [4.69, 9.17) is 23.4 Å². The Bertz CT molecular complexity index is 1350. The molecule has 5 rings (SSSR count). The molecule has 0 aliphatic carbocycles. The lowest BCUT2D eigenvalue weighted by Crippen LogP contribution is -2.09. The summed E-state index contributed by atoms with van der Waals surface area (Å²) in [5, 5.41) is 0.385. The Morgan fingerprint density at radius 2 is 1.68 bits per heavy atom. The van der Waals surface area contributed by atoms with Crippen LogP contribution in [-0.4, -0.2) is 19.9 Å². The number of rotatable bonds is 4. The molecule has 1 aliphatic rings. The normalized spacial score (nSPS) is 12.0. The molecule has 0 unspecified atom stereocenters. The second-order valence-corrected chi connectivity index (χ2v) is 6.82. The van der Waals surface area contributed by atoms with Crippen molar-refractivity contribution in [3.63, 3.8) is 0 Å². The van der Waals surface area contributed by atoms with Gasteiger partial charge in [-0.25, -0.2) is 4.79 Å². The molecule has 154 valence electrons. The van der Waals surface area contributed by atoms with E-state index in [1.807, 2.05) is 0 Å². The van der Waals surface area contributed by atoms with E-state index < -0.39 is 5.97 Å². The van der Waals surface area contributed by atoms with Gasteiger partial charge in [0, 0.05) is 6.07 Å². The second kappa shape index (κ2) is 7.53. The van der Waals surface area contributed by atoms with Crippen molar-refractivity contribution < 1.29 is 28.2 Å². The van der Waals surface area contributed by atoms with Gasteiger partial charge in [0.2, 0.25) is 6.79 Å². The fraction of sp³-hybridized carbons (Fsp3) is 0.0833. The quantitative estimate of drug-likeness (QED) is 0.360. The molecule has 2 heterocycles. The topological polar surface area (TPSA) is 84.2 Å². The predicted octanol–water partition coefficient (Wildman–Crippen LogP) is 4.42. The highest BCUT2D eigenvalue weighted by atomic mass is 16.7. The largest absolute Gasteiger partial charge is 0.497 e. The monoisotopic (exact) mass is 416 g/mol. The average Bonchev–Trinajstić information content (AvgIpc) is 3.27. The van der Waals surface area contributed by atoms with Crippen LogP contribution < -0.4 is 24.4 Å². The van der Waals surface area contributed by atoms with E-state index in [9.17, 15) is 9.59 Å². The van der Waals surface area contributed by atoms with Crippen molar-refractivity contribution in [2.45, 2.75) is 0 Å². The van der Waals surface area contributed by atoms with Gasteiger partial charge in [-0.3, -0.25) is 4.79 Å². The van der Waals surface area contributed by atoms with E-state index in [1.54, 1.807) is 61.7 Å². The molecule has 7 nitrogen and oxygen atoms in total. The van der Waals surface area contributed by atoms with Gasteiger partial charge in [-0.1, -0.05) is 12.1 Å². The summed E-state index contributed by atoms with van der Waals surface area (Å²) in [5.41, 5.74) is 1.61. The zero-order chi connectivity index (χ0) is 21.4. The Balaban J connectivity index is 1.42. The van der Waals surface area contributed by atoms with E-state index in [1.165, 1.54) is 12.3 Å². The van der Waals surface area contributed by atoms with E-state index in [0.29, 0.717) is 39.3 Å². The first-order valence-corrected chi connectivity index (χ1v) is 9.44. The summed E-state index contributed by atoms with van der Waals surface area (Å²) in [6, 6.07) is 16.6. The number of ether oxygens (including phenoxy) is 4. The molecule has 0 N–H and O–H groups in total. The van der Waals surface area contributed by atoms with Gasteiger partial charge in [-0.05, 0) is 48.0 Å². The minimum Gasteiger partial charge on any atom is -0.497 e. The zero-order valence-electron chi connectivity index (χ0n) is 16.4. The zero-order valence-corrected chi connectivity index (χ0v) is 16.4. The van der Waals surface area contributed by atoms with Crippen LogP contribution >= 0.6 is 0 Å². The molecule has 0 spiro atoms. The Labute approximate surface area is 176 Å². The third-order valence-electron chi connectivity index (χ3n) is 4.97. The summed E-state index contributed by atoms with van der Waals surface area (Å²) in [6.45, 7) is 0.121. The van der Waals surface area contributed by atoms with Gasteiger partial charge in [0.05, 0.1) is 23.6 Å². The van der Waals surface area contributed by atoms with Gasteiger partial charge in [-0.15, -0.1) is 0 Å². The minimum absolute atomic E-state index is 0.121. The summed E-state index contributed by atoms with van der Waals surface area (Å²) in [4.78, 5) is 25.4. The molecule has 3 aromatic carbocycles. The molecular formula is C24H16O7. The van der Waals surface area contributed by atoms with Crippen LogP contribution in [0.25, 0.3) is 22.1 Å². The Hall–Kier alpha value is -4.26. The molecule has 0 fully saturated rings. The molecule has 1 aliphatic heterocycles. The summed E-state index contributed by atoms with van der Waals surface area (Å²) in [7, 11) is 1.58. The average molecular weight is 416 g/mol. The molecule has 0 bridgehead atoms. The van der Waals surface area contributed by atoms with Gasteiger partial charge >= 0.3 is 5.97 Å². The van der Waals surface area contributed by atoms with E-state index in [-0.39, 0.29) is 18.0 Å². The summed E-state index contributed by atoms with van der Waals surface area (Å²) >= 11 is 0. The predicted molar refractivity (Wildman–Crippen MR) is 112 cm³/mol. The maximum Gasteiger partial charge on any atom is 0.343 e. The van der Waals surface area contributed by atoms with Crippen molar-refractivity contribution >= 4 is 16.9 Å². The second-order valence-electron chi connectivity index (χ2n) is 6.82. The molecule has 0 radical (unpaired) electrons. The van der Waals surface area contributed by atoms with Crippen LogP contribution in [0.1, 0.15) is 10.4 Å². The molecule has 31 heavy (non-hydrogen) atoms. The lowest BCUT2D eigenvalue weighted by molar-refractivity contribution is 0.0734. The summed E-state index contributed by atoms with van der Waals surface area (Å²) in [5.74, 6) is 1.47. The SMILES string of the molecule is COc1ccc(-c2coc3cc(OC(=O)c4ccc5c(c4)OCO5)ccc3c2=O)cc1. The van der Waals surface area contributed by atoms with Crippen molar-refractivity contribution in [1.82, 2.24) is 0 Å². The van der Waals surface area contributed by atoms with Gasteiger partial charge in [0.15, 0.2) is 16.9 Å². The third-order valence-corrected chi connectivity index (χ3v) is 4.97. The summed E-state index contributed by atoms with van der Waals surface area (Å²) in [6.07, 6.45) is 1.40. The lowest BCUT2D eigenvalue weighted by Gasteiger charge is -2.07. The fourth-order valence-corrected chi connectivity index (χ4v) is 3.33. The number of esters is 1. The standard InChI is InChI=1S/C24H16O7/c1-27-16-5-2-14(3-6-16)19-12-28-21-11-17(7-8-18(21)23(19)25)31-24(26)15-4-9-20-22(10-15)30-13-29-20/h2-12H,13H2,1H3. The van der Waals surface area contributed by atoms with Gasteiger partial charge < -0.3 is 23.4 Å². The van der Waals surface area contributed by atoms with Gasteiger partial charge in [0.25, 0.3) is 0 Å². The Morgan fingerprint density at radius 1 is 0.903 bits per heavy atom. The Morgan fingerprint density at radius 3 is 2.48 bits per heavy atom. The van der Waals surface area contributed by atoms with Gasteiger partial charge in [0.1, 0.15) is 23.3 Å². The highest BCUT2D eigenvalue weighted by molar-refractivity contribution is 5.92. The number of fused-ring (bicyclic) bond motifs is 2. The highest BCUT2D eigenvalue weighted by Gasteiger charge is 2.18. The smallest absolute Gasteiger partial charge is 0.343 e. The minimum atomic E-state index is -0.560. The van der Waals surface area contributed by atoms with Crippen molar-refractivity contribution in [1.29, 1.82) is 0 Å². The maximum absolute atomic E-state index is 12.9. The first kappa shape index (κ1) is 18.7. The molecule has 7 heteroatoms. The van der Waals surface area contributed by atoms with Crippen LogP contribution in [0.15, 0.2) is 76.1 Å². The number of methoxy groups -OCH3 is 1. The molecule has 4 aromatic rings. The molecule has 0 saturated heterocycles. The van der Waals surface area contributed by atoms with Crippen LogP contribution in [-0.2, 0) is 0 Å². The number of carbonyl (C=O) groups is 1. The van der Waals surface area contributed by atoms with Crippen molar-refractivity contribution in [3.05, 3.63) is 82.7 Å². The lowest BCUT2D eigenvalue weighted by atomic mass is 10.1. The Kier molecular flexibility index (Phi) is 4.55. The summed E-state index contributed by atoms with van der Waals surface area (Å²) < 4.78 is 26.8. The highest BCUT2D eigenvalue weighted by Crippen LogP contribution is 2.33. The van der Waals surface area contributed by atoms with Crippen molar-refractivity contribution in [3.8, 4) is 34.1 Å². The number of carbonyl (C=O) groups excluding carboxylic acids is 1. The molecule has 1 aromatic heterocycles. The van der Waals surface area contributed by atoms with E-state index >= 15 is 0 Å². The molecule has 0 saturated carbocycles. The van der Waals surface area contributed by atoms with Crippen LogP contribution in [0.2, 0.25) is 0 Å².